The molecule has 7 atom stereocenters. The Bertz CT molecular complexity index is 959. The van der Waals surface area contributed by atoms with Crippen molar-refractivity contribution in [2.24, 2.45) is 23.7 Å². The summed E-state index contributed by atoms with van der Waals surface area (Å²) in [6.45, 7) is 7.60. The maximum absolute atomic E-state index is 14.0. The highest BCUT2D eigenvalue weighted by Gasteiger charge is 2.77. The highest BCUT2D eigenvalue weighted by molar-refractivity contribution is 8.02. The third-order valence-electron chi connectivity index (χ3n) is 7.44. The maximum Gasteiger partial charge on any atom is 0.310 e. The van der Waals surface area contributed by atoms with E-state index in [9.17, 15) is 19.5 Å². The molecule has 3 aliphatic heterocycles. The number of carbonyl (C=O) groups excluding carboxylic acids is 3. The summed E-state index contributed by atoms with van der Waals surface area (Å²) in [5.74, 6) is -2.27. The van der Waals surface area contributed by atoms with Crippen LogP contribution in [0.3, 0.4) is 0 Å². The molecule has 2 N–H and O–H groups in total. The van der Waals surface area contributed by atoms with Gasteiger partial charge in [0.1, 0.15) is 6.04 Å². The van der Waals surface area contributed by atoms with Gasteiger partial charge in [-0.05, 0) is 37.3 Å². The number of para-hydroxylation sites is 1. The minimum Gasteiger partial charge on any atom is -0.466 e. The number of thioether (sulfide) groups is 1. The van der Waals surface area contributed by atoms with Gasteiger partial charge < -0.3 is 20.1 Å². The average Bonchev–Trinajstić information content (AvgIpc) is 3.34. The molecule has 3 unspecified atom stereocenters. The Balaban J connectivity index is 1.81. The van der Waals surface area contributed by atoms with Gasteiger partial charge in [0.25, 0.3) is 0 Å². The smallest absolute Gasteiger partial charge is 0.310 e. The van der Waals surface area contributed by atoms with Gasteiger partial charge >= 0.3 is 5.97 Å². The number of hydrogen-bond donors (Lipinski definition) is 2. The van der Waals surface area contributed by atoms with E-state index in [1.165, 1.54) is 0 Å². The summed E-state index contributed by atoms with van der Waals surface area (Å²) in [5.41, 5.74) is 0.466. The second-order valence-electron chi connectivity index (χ2n) is 9.51. The molecule has 0 aromatic heterocycles. The Labute approximate surface area is 203 Å². The number of ether oxygens (including phenoxy) is 1. The Hall–Kier alpha value is -1.77. The van der Waals surface area contributed by atoms with Crippen molar-refractivity contribution in [2.45, 2.75) is 56.2 Å². The monoisotopic (exact) mass is 494 g/mol. The molecule has 180 valence electrons. The Morgan fingerprint density at radius 2 is 2.06 bits per heavy atom. The molecule has 3 fully saturated rings. The summed E-state index contributed by atoms with van der Waals surface area (Å²) < 4.78 is 4.58. The third-order valence-corrected chi connectivity index (χ3v) is 9.84. The molecule has 33 heavy (non-hydrogen) atoms. The molecule has 7 nitrogen and oxygen atoms in total. The summed E-state index contributed by atoms with van der Waals surface area (Å²) >= 11 is 7.87. The number of esters is 1. The number of nitrogens with one attached hydrogen (secondary N) is 1. The number of benzene rings is 1. The predicted molar refractivity (Wildman–Crippen MR) is 128 cm³/mol. The van der Waals surface area contributed by atoms with Crippen LogP contribution in [0.4, 0.5) is 5.69 Å². The van der Waals surface area contributed by atoms with Gasteiger partial charge in [-0.15, -0.1) is 11.8 Å². The number of amides is 2. The van der Waals surface area contributed by atoms with E-state index in [-0.39, 0.29) is 48.1 Å². The van der Waals surface area contributed by atoms with Crippen LogP contribution in [0.1, 0.15) is 34.1 Å². The van der Waals surface area contributed by atoms with Gasteiger partial charge in [0.15, 0.2) is 0 Å². The van der Waals surface area contributed by atoms with Crippen LogP contribution in [0.5, 0.6) is 0 Å². The zero-order valence-corrected chi connectivity index (χ0v) is 20.9. The number of aliphatic hydroxyl groups is 1. The van der Waals surface area contributed by atoms with E-state index in [2.05, 4.69) is 12.2 Å². The third kappa shape index (κ3) is 3.65. The SMILES string of the molecule is CCOC(=O)[C@@H]1[C@H]2C(=O)N([C@@H](CO)C(C)C)C(C(=O)Nc3ccccc3Cl)C23S[C@@H]1CC3C. The first-order valence-electron chi connectivity index (χ1n) is 11.5. The van der Waals surface area contributed by atoms with Gasteiger partial charge in [0.05, 0.1) is 46.5 Å². The second-order valence-corrected chi connectivity index (χ2v) is 11.5. The molecule has 3 saturated heterocycles. The maximum atomic E-state index is 14.0. The van der Waals surface area contributed by atoms with Crippen LogP contribution in [-0.4, -0.2) is 63.1 Å². The molecule has 1 aromatic carbocycles. The summed E-state index contributed by atoms with van der Waals surface area (Å²) in [5, 5.41) is 13.5. The van der Waals surface area contributed by atoms with E-state index >= 15 is 0 Å². The number of halogens is 1. The van der Waals surface area contributed by atoms with Crippen molar-refractivity contribution in [3.8, 4) is 0 Å². The molecule has 4 rings (SSSR count). The van der Waals surface area contributed by atoms with Crippen molar-refractivity contribution in [1.82, 2.24) is 4.90 Å². The number of aliphatic hydroxyl groups excluding tert-OH is 1. The normalized spacial score (nSPS) is 33.4. The summed E-state index contributed by atoms with van der Waals surface area (Å²) in [7, 11) is 0. The van der Waals surface area contributed by atoms with Crippen molar-refractivity contribution in [2.75, 3.05) is 18.5 Å². The fourth-order valence-corrected chi connectivity index (χ4v) is 8.59. The highest BCUT2D eigenvalue weighted by Crippen LogP contribution is 2.69. The van der Waals surface area contributed by atoms with Crippen molar-refractivity contribution >= 4 is 46.8 Å². The number of fused-ring (bicyclic) bond motifs is 1. The van der Waals surface area contributed by atoms with Crippen molar-refractivity contribution < 1.29 is 24.2 Å². The quantitative estimate of drug-likeness (QED) is 0.565. The van der Waals surface area contributed by atoms with E-state index < -0.39 is 28.7 Å². The Morgan fingerprint density at radius 3 is 2.67 bits per heavy atom. The molecule has 3 aliphatic rings. The molecule has 1 spiro atoms. The van der Waals surface area contributed by atoms with E-state index in [1.54, 1.807) is 47.9 Å². The number of carbonyl (C=O) groups is 3. The summed E-state index contributed by atoms with van der Waals surface area (Å²) in [4.78, 5) is 42.3. The minimum atomic E-state index is -0.838. The lowest BCUT2D eigenvalue weighted by molar-refractivity contribution is -0.154. The van der Waals surface area contributed by atoms with Crippen molar-refractivity contribution in [3.05, 3.63) is 29.3 Å². The molecule has 0 aliphatic carbocycles. The second kappa shape index (κ2) is 9.12. The number of nitrogens with zero attached hydrogens (tertiary/aromatic N) is 1. The van der Waals surface area contributed by atoms with Crippen molar-refractivity contribution in [1.29, 1.82) is 0 Å². The van der Waals surface area contributed by atoms with Crippen LogP contribution < -0.4 is 5.32 Å². The van der Waals surface area contributed by atoms with Crippen LogP contribution in [0.15, 0.2) is 24.3 Å². The fourth-order valence-electron chi connectivity index (χ4n) is 6.01. The van der Waals surface area contributed by atoms with Gasteiger partial charge in [0, 0.05) is 5.25 Å². The van der Waals surface area contributed by atoms with Crippen molar-refractivity contribution in [3.63, 3.8) is 0 Å². The zero-order chi connectivity index (χ0) is 24.1. The number of likely N-dealkylation sites (tertiary alicyclic amines) is 1. The summed E-state index contributed by atoms with van der Waals surface area (Å²) in [6.07, 6.45) is 0.729. The minimum absolute atomic E-state index is 0.0330. The van der Waals surface area contributed by atoms with Crippen LogP contribution in [-0.2, 0) is 19.1 Å². The molecule has 2 bridgehead atoms. The Morgan fingerprint density at radius 1 is 1.36 bits per heavy atom. The molecule has 3 heterocycles. The van der Waals surface area contributed by atoms with Crippen LogP contribution in [0, 0.1) is 23.7 Å². The fraction of sp³-hybridized carbons (Fsp3) is 0.625. The lowest BCUT2D eigenvalue weighted by Crippen LogP contribution is -2.57. The number of rotatable bonds is 7. The zero-order valence-electron chi connectivity index (χ0n) is 19.3. The lowest BCUT2D eigenvalue weighted by atomic mass is 9.66. The van der Waals surface area contributed by atoms with Gasteiger partial charge in [-0.25, -0.2) is 0 Å². The Kier molecular flexibility index (Phi) is 6.73. The lowest BCUT2D eigenvalue weighted by Gasteiger charge is -2.40. The van der Waals surface area contributed by atoms with Crippen LogP contribution >= 0.6 is 23.4 Å². The molecule has 0 saturated carbocycles. The van der Waals surface area contributed by atoms with E-state index in [4.69, 9.17) is 16.3 Å². The molecule has 0 radical (unpaired) electrons. The molecule has 9 heteroatoms. The number of anilines is 1. The molecule has 2 amide bonds. The molecular formula is C24H31ClN2O5S. The van der Waals surface area contributed by atoms with E-state index in [0.29, 0.717) is 10.7 Å². The van der Waals surface area contributed by atoms with Gasteiger partial charge in [-0.1, -0.05) is 44.5 Å². The predicted octanol–water partition coefficient (Wildman–Crippen LogP) is 3.20. The molecule has 1 aromatic rings. The standard InChI is InChI=1S/C24H31ClN2O5S/c1-5-32-23(31)18-17-10-13(4)24(33-17)19(18)22(30)27(16(11-28)12(2)3)20(24)21(29)26-15-9-7-6-8-14(15)25/h6-9,12-13,16-20,28H,5,10-11H2,1-4H3,(H,26,29)/t13?,16-,17+,18-,19-,20?,24?/m0/s1. The van der Waals surface area contributed by atoms with Gasteiger partial charge in [-0.2, -0.15) is 0 Å². The molecular weight excluding hydrogens is 464 g/mol. The van der Waals surface area contributed by atoms with Crippen LogP contribution in [0.25, 0.3) is 0 Å². The topological polar surface area (TPSA) is 95.9 Å². The van der Waals surface area contributed by atoms with E-state index in [0.717, 1.165) is 6.42 Å². The first-order valence-corrected chi connectivity index (χ1v) is 12.8. The van der Waals surface area contributed by atoms with Gasteiger partial charge in [0.2, 0.25) is 11.8 Å². The average molecular weight is 495 g/mol. The first-order chi connectivity index (χ1) is 15.7. The van der Waals surface area contributed by atoms with Crippen LogP contribution in [0.2, 0.25) is 5.02 Å². The first kappa shape index (κ1) is 24.4. The van der Waals surface area contributed by atoms with E-state index in [1.807, 2.05) is 13.8 Å². The van der Waals surface area contributed by atoms with Gasteiger partial charge in [-0.3, -0.25) is 14.4 Å². The largest absolute Gasteiger partial charge is 0.466 e. The number of hydrogen-bond acceptors (Lipinski definition) is 6. The highest BCUT2D eigenvalue weighted by atomic mass is 35.5. The summed E-state index contributed by atoms with van der Waals surface area (Å²) in [6, 6.07) is 5.58.